The number of nitrogens with one attached hydrogen (secondary N) is 1. The molecule has 1 aromatic carbocycles. The molecule has 0 aliphatic carbocycles. The van der Waals surface area contributed by atoms with Gasteiger partial charge in [-0.1, -0.05) is 29.8 Å². The summed E-state index contributed by atoms with van der Waals surface area (Å²) >= 11 is 0. The minimum Gasteiger partial charge on any atom is -0.618 e. The van der Waals surface area contributed by atoms with E-state index in [2.05, 4.69) is 41.4 Å². The maximum Gasteiger partial charge on any atom is 0.317 e. The van der Waals surface area contributed by atoms with E-state index in [-0.39, 0.29) is 17.6 Å². The molecule has 0 bridgehead atoms. The Morgan fingerprint density at radius 1 is 1.21 bits per heavy atom. The van der Waals surface area contributed by atoms with Gasteiger partial charge in [-0.15, -0.1) is 0 Å². The Kier molecular flexibility index (Phi) is 5.11. The summed E-state index contributed by atoms with van der Waals surface area (Å²) in [6.07, 6.45) is 3.72. The van der Waals surface area contributed by atoms with Gasteiger partial charge in [-0.25, -0.2) is 0 Å². The van der Waals surface area contributed by atoms with Crippen LogP contribution in [0.2, 0.25) is 0 Å². The first-order chi connectivity index (χ1) is 11.6. The van der Waals surface area contributed by atoms with Crippen molar-refractivity contribution in [3.05, 3.63) is 70.7 Å². The first-order valence-corrected chi connectivity index (χ1v) is 8.42. The summed E-state index contributed by atoms with van der Waals surface area (Å²) in [5.41, 5.74) is 2.55. The molecule has 0 radical (unpaired) electrons. The monoisotopic (exact) mass is 325 g/mol. The molecule has 0 spiro atoms. The van der Waals surface area contributed by atoms with Gasteiger partial charge in [-0.05, 0) is 44.5 Å². The van der Waals surface area contributed by atoms with Crippen molar-refractivity contribution in [1.29, 1.82) is 0 Å². The van der Waals surface area contributed by atoms with E-state index in [1.54, 1.807) is 18.2 Å². The summed E-state index contributed by atoms with van der Waals surface area (Å²) in [5.74, 6) is -0.332. The van der Waals surface area contributed by atoms with Crippen LogP contribution in [-0.4, -0.2) is 30.4 Å². The molecule has 3 rings (SSSR count). The van der Waals surface area contributed by atoms with Crippen LogP contribution in [0.5, 0.6) is 0 Å². The molecule has 1 aliphatic rings. The summed E-state index contributed by atoms with van der Waals surface area (Å²) in [5, 5.41) is 14.6. The molecule has 2 heterocycles. The maximum absolute atomic E-state index is 12.3. The number of hydrogen-bond donors (Lipinski definition) is 1. The van der Waals surface area contributed by atoms with Crippen molar-refractivity contribution >= 4 is 5.91 Å². The molecule has 1 aromatic heterocycles. The topological polar surface area (TPSA) is 59.3 Å². The van der Waals surface area contributed by atoms with E-state index in [0.717, 1.165) is 13.1 Å². The molecule has 5 heteroatoms. The van der Waals surface area contributed by atoms with E-state index >= 15 is 0 Å². The average Bonchev–Trinajstić information content (AvgIpc) is 3.11. The third kappa shape index (κ3) is 3.74. The lowest BCUT2D eigenvalue weighted by molar-refractivity contribution is -0.607. The van der Waals surface area contributed by atoms with Crippen molar-refractivity contribution in [2.75, 3.05) is 19.6 Å². The van der Waals surface area contributed by atoms with Gasteiger partial charge < -0.3 is 10.5 Å². The Morgan fingerprint density at radius 3 is 2.58 bits per heavy atom. The summed E-state index contributed by atoms with van der Waals surface area (Å²) in [4.78, 5) is 14.7. The van der Waals surface area contributed by atoms with Crippen LogP contribution >= 0.6 is 0 Å². The highest BCUT2D eigenvalue weighted by Gasteiger charge is 2.25. The zero-order valence-corrected chi connectivity index (χ0v) is 13.9. The highest BCUT2D eigenvalue weighted by Crippen LogP contribution is 2.24. The van der Waals surface area contributed by atoms with Gasteiger partial charge in [0, 0.05) is 18.7 Å². The molecule has 126 valence electrons. The van der Waals surface area contributed by atoms with E-state index in [1.165, 1.54) is 30.2 Å². The van der Waals surface area contributed by atoms with E-state index in [1.807, 2.05) is 0 Å². The third-order valence-electron chi connectivity index (χ3n) is 4.56. The fourth-order valence-electron chi connectivity index (χ4n) is 3.18. The Bertz CT molecular complexity index is 694. The van der Waals surface area contributed by atoms with Crippen molar-refractivity contribution in [2.24, 2.45) is 0 Å². The number of rotatable bonds is 5. The second-order valence-electron chi connectivity index (χ2n) is 6.29. The zero-order valence-electron chi connectivity index (χ0n) is 13.9. The van der Waals surface area contributed by atoms with Crippen molar-refractivity contribution in [3.63, 3.8) is 0 Å². The van der Waals surface area contributed by atoms with Gasteiger partial charge in [0.2, 0.25) is 0 Å². The molecule has 1 fully saturated rings. The Hall–Kier alpha value is -2.40. The van der Waals surface area contributed by atoms with Crippen LogP contribution in [0.25, 0.3) is 0 Å². The largest absolute Gasteiger partial charge is 0.618 e. The normalized spacial score (nSPS) is 16.0. The molecule has 1 atom stereocenters. The van der Waals surface area contributed by atoms with Crippen LogP contribution < -0.4 is 10.0 Å². The molecule has 0 unspecified atom stereocenters. The van der Waals surface area contributed by atoms with E-state index in [0.29, 0.717) is 11.3 Å². The van der Waals surface area contributed by atoms with E-state index in [4.69, 9.17) is 0 Å². The van der Waals surface area contributed by atoms with Gasteiger partial charge >= 0.3 is 5.91 Å². The molecule has 24 heavy (non-hydrogen) atoms. The van der Waals surface area contributed by atoms with Gasteiger partial charge in [-0.2, -0.15) is 4.73 Å². The van der Waals surface area contributed by atoms with Crippen molar-refractivity contribution in [1.82, 2.24) is 10.2 Å². The van der Waals surface area contributed by atoms with Gasteiger partial charge in [0.25, 0.3) is 5.69 Å². The Labute approximate surface area is 142 Å². The second-order valence-corrected chi connectivity index (χ2v) is 6.29. The lowest BCUT2D eigenvalue weighted by Gasteiger charge is -2.28. The lowest BCUT2D eigenvalue weighted by atomic mass is 10.0. The number of aromatic nitrogens is 1. The van der Waals surface area contributed by atoms with Crippen LogP contribution in [0.15, 0.2) is 48.7 Å². The van der Waals surface area contributed by atoms with Crippen LogP contribution in [0.4, 0.5) is 0 Å². The summed E-state index contributed by atoms with van der Waals surface area (Å²) in [6, 6.07) is 13.4. The van der Waals surface area contributed by atoms with Crippen LogP contribution in [0.3, 0.4) is 0 Å². The molecule has 1 amide bonds. The summed E-state index contributed by atoms with van der Waals surface area (Å²) in [6.45, 7) is 4.65. The standard InChI is InChI=1S/C19H23N3O2/c1-15-7-9-16(10-8-15)18(21-11-4-5-12-21)14-20-19(23)17-6-2-3-13-22(17)24/h2-3,6-10,13,18H,4-5,11-12,14H2,1H3,(H,20,23)/t18-/m0/s1. The predicted octanol–water partition coefficient (Wildman–Crippen LogP) is 2.20. The molecule has 1 N–H and O–H groups in total. The number of likely N-dealkylation sites (tertiary alicyclic amines) is 1. The van der Waals surface area contributed by atoms with Crippen LogP contribution in [-0.2, 0) is 0 Å². The number of hydrogen-bond acceptors (Lipinski definition) is 3. The van der Waals surface area contributed by atoms with Crippen LogP contribution in [0.1, 0.15) is 40.5 Å². The van der Waals surface area contributed by atoms with Crippen LogP contribution in [0, 0.1) is 12.1 Å². The molecule has 0 saturated carbocycles. The van der Waals surface area contributed by atoms with Crippen molar-refractivity contribution in [2.45, 2.75) is 25.8 Å². The van der Waals surface area contributed by atoms with E-state index < -0.39 is 0 Å². The number of nitrogens with zero attached hydrogens (tertiary/aromatic N) is 2. The number of benzene rings is 1. The fraction of sp³-hybridized carbons (Fsp3) is 0.368. The molecule has 5 nitrogen and oxygen atoms in total. The minimum atomic E-state index is -0.332. The first kappa shape index (κ1) is 16.5. The van der Waals surface area contributed by atoms with E-state index in [9.17, 15) is 10.0 Å². The SMILES string of the molecule is Cc1ccc([C@H](CNC(=O)c2cccc[n+]2[O-])N2CCCC2)cc1. The highest BCUT2D eigenvalue weighted by atomic mass is 16.5. The highest BCUT2D eigenvalue weighted by molar-refractivity contribution is 5.90. The van der Waals surface area contributed by atoms with Gasteiger partial charge in [0.05, 0.1) is 6.04 Å². The van der Waals surface area contributed by atoms with Crippen molar-refractivity contribution in [3.8, 4) is 0 Å². The number of amides is 1. The molecular weight excluding hydrogens is 302 g/mol. The van der Waals surface area contributed by atoms with Crippen molar-refractivity contribution < 1.29 is 9.52 Å². The summed E-state index contributed by atoms with van der Waals surface area (Å²) in [7, 11) is 0. The van der Waals surface area contributed by atoms with Gasteiger partial charge in [0.15, 0.2) is 6.20 Å². The molecular formula is C19H23N3O2. The predicted molar refractivity (Wildman–Crippen MR) is 92.5 cm³/mol. The molecule has 1 aliphatic heterocycles. The molecule has 2 aromatic rings. The zero-order chi connectivity index (χ0) is 16.9. The first-order valence-electron chi connectivity index (χ1n) is 8.42. The maximum atomic E-state index is 12.3. The lowest BCUT2D eigenvalue weighted by Crippen LogP contribution is -2.42. The number of aryl methyl sites for hydroxylation is 1. The smallest absolute Gasteiger partial charge is 0.317 e. The number of carbonyl (C=O) groups excluding carboxylic acids is 1. The summed E-state index contributed by atoms with van der Waals surface area (Å²) < 4.78 is 0.603. The second kappa shape index (κ2) is 7.45. The Balaban J connectivity index is 1.73. The third-order valence-corrected chi connectivity index (χ3v) is 4.56. The van der Waals surface area contributed by atoms with Gasteiger partial charge in [0.1, 0.15) is 0 Å². The number of carbonyl (C=O) groups is 1. The fourth-order valence-corrected chi connectivity index (χ4v) is 3.18. The van der Waals surface area contributed by atoms with Gasteiger partial charge in [-0.3, -0.25) is 9.69 Å². The quantitative estimate of drug-likeness (QED) is 0.677. The Morgan fingerprint density at radius 2 is 1.92 bits per heavy atom. The average molecular weight is 325 g/mol. The minimum absolute atomic E-state index is 0.126. The number of pyridine rings is 1. The molecule has 1 saturated heterocycles.